The van der Waals surface area contributed by atoms with E-state index in [0.29, 0.717) is 12.0 Å². The second-order valence-electron chi connectivity index (χ2n) is 6.71. The van der Waals surface area contributed by atoms with Gasteiger partial charge in [-0.05, 0) is 32.0 Å². The summed E-state index contributed by atoms with van der Waals surface area (Å²) in [4.78, 5) is 2.07. The summed E-state index contributed by atoms with van der Waals surface area (Å²) in [5.41, 5.74) is 0.197. The lowest BCUT2D eigenvalue weighted by molar-refractivity contribution is 0.197. The van der Waals surface area contributed by atoms with Gasteiger partial charge < -0.3 is 9.88 Å². The number of nitrogens with one attached hydrogen (secondary N) is 1. The highest BCUT2D eigenvalue weighted by Crippen LogP contribution is 2.29. The highest BCUT2D eigenvalue weighted by molar-refractivity contribution is 5.20. The van der Waals surface area contributed by atoms with Crippen LogP contribution in [0.3, 0.4) is 0 Å². The molecule has 0 bridgehead atoms. The van der Waals surface area contributed by atoms with E-state index in [4.69, 9.17) is 0 Å². The van der Waals surface area contributed by atoms with Crippen LogP contribution in [0.1, 0.15) is 36.0 Å². The number of hydrogen-bond acceptors (Lipinski definition) is 4. The van der Waals surface area contributed by atoms with Gasteiger partial charge in [0.25, 0.3) is 0 Å². The molecule has 5 nitrogen and oxygen atoms in total. The van der Waals surface area contributed by atoms with Gasteiger partial charge in [-0.2, -0.15) is 0 Å². The van der Waals surface area contributed by atoms with Crippen molar-refractivity contribution in [2.45, 2.75) is 38.4 Å². The van der Waals surface area contributed by atoms with Crippen LogP contribution in [0, 0.1) is 17.5 Å². The van der Waals surface area contributed by atoms with Gasteiger partial charge in [-0.1, -0.05) is 0 Å². The zero-order chi connectivity index (χ0) is 17.4. The zero-order valence-electron chi connectivity index (χ0n) is 13.8. The van der Waals surface area contributed by atoms with E-state index in [9.17, 15) is 13.2 Å². The molecule has 0 aliphatic carbocycles. The first kappa shape index (κ1) is 16.5. The summed E-state index contributed by atoms with van der Waals surface area (Å²) in [6, 6.07) is 1.58. The van der Waals surface area contributed by atoms with Crippen molar-refractivity contribution in [1.82, 2.24) is 25.0 Å². The molecular weight excluding hydrogens is 331 g/mol. The fourth-order valence-electron chi connectivity index (χ4n) is 3.69. The first-order valence-corrected chi connectivity index (χ1v) is 8.60. The van der Waals surface area contributed by atoms with E-state index in [-0.39, 0.29) is 12.1 Å². The molecule has 3 heterocycles. The Bertz CT molecular complexity index is 768. The topological polar surface area (TPSA) is 46.0 Å². The number of fused-ring (bicyclic) bond motifs is 1. The lowest BCUT2D eigenvalue weighted by atomic mass is 9.95. The van der Waals surface area contributed by atoms with Gasteiger partial charge >= 0.3 is 0 Å². The molecule has 2 aliphatic heterocycles. The van der Waals surface area contributed by atoms with Gasteiger partial charge in [-0.15, -0.1) is 10.2 Å². The largest absolute Gasteiger partial charge is 0.312 e. The standard InChI is InChI=1S/C17H20F3N5/c18-13-8-15(20)14(19)7-12(13)10-24-4-1-11(2-5-24)17-23-22-16-9-21-3-6-25(16)17/h7-8,11,21H,1-6,9-10H2. The number of likely N-dealkylation sites (tertiary alicyclic amines) is 1. The predicted octanol–water partition coefficient (Wildman–Crippen LogP) is 2.18. The van der Waals surface area contributed by atoms with Crippen LogP contribution < -0.4 is 5.32 Å². The molecule has 1 aromatic heterocycles. The molecular formula is C17H20F3N5. The maximum atomic E-state index is 13.8. The molecule has 2 aliphatic rings. The van der Waals surface area contributed by atoms with Crippen LogP contribution in [0.5, 0.6) is 0 Å². The van der Waals surface area contributed by atoms with E-state index in [1.165, 1.54) is 0 Å². The first-order valence-electron chi connectivity index (χ1n) is 8.60. The van der Waals surface area contributed by atoms with Crippen molar-refractivity contribution in [3.05, 3.63) is 46.8 Å². The number of nitrogens with zero attached hydrogens (tertiary/aromatic N) is 4. The van der Waals surface area contributed by atoms with Crippen molar-refractivity contribution in [3.8, 4) is 0 Å². The molecule has 1 N–H and O–H groups in total. The third-order valence-corrected chi connectivity index (χ3v) is 5.09. The van der Waals surface area contributed by atoms with Gasteiger partial charge in [0, 0.05) is 37.2 Å². The van der Waals surface area contributed by atoms with Crippen LogP contribution in [0.4, 0.5) is 13.2 Å². The maximum absolute atomic E-state index is 13.8. The summed E-state index contributed by atoms with van der Waals surface area (Å²) < 4.78 is 42.4. The lowest BCUT2D eigenvalue weighted by Crippen LogP contribution is -2.35. The molecule has 0 radical (unpaired) electrons. The third kappa shape index (κ3) is 3.28. The van der Waals surface area contributed by atoms with Crippen molar-refractivity contribution in [3.63, 3.8) is 0 Å². The van der Waals surface area contributed by atoms with Crippen LogP contribution in [0.15, 0.2) is 12.1 Å². The number of benzene rings is 1. The Balaban J connectivity index is 1.40. The minimum Gasteiger partial charge on any atom is -0.312 e. The molecule has 0 saturated carbocycles. The molecule has 2 aromatic rings. The van der Waals surface area contributed by atoms with E-state index in [0.717, 1.165) is 63.3 Å². The van der Waals surface area contributed by atoms with Crippen LogP contribution >= 0.6 is 0 Å². The highest BCUT2D eigenvalue weighted by atomic mass is 19.2. The Labute approximate surface area is 143 Å². The number of halogens is 3. The summed E-state index contributed by atoms with van der Waals surface area (Å²) >= 11 is 0. The van der Waals surface area contributed by atoms with Crippen LogP contribution in [0.2, 0.25) is 0 Å². The van der Waals surface area contributed by atoms with Crippen LogP contribution in [-0.2, 0) is 19.6 Å². The quantitative estimate of drug-likeness (QED) is 0.861. The zero-order valence-corrected chi connectivity index (χ0v) is 13.8. The molecule has 0 amide bonds. The SMILES string of the molecule is Fc1cc(F)c(CN2CCC(c3nnc4n3CCNC4)CC2)cc1F. The Kier molecular flexibility index (Phi) is 4.47. The minimum atomic E-state index is -1.15. The van der Waals surface area contributed by atoms with Crippen molar-refractivity contribution in [1.29, 1.82) is 0 Å². The van der Waals surface area contributed by atoms with Crippen molar-refractivity contribution in [2.75, 3.05) is 19.6 Å². The molecule has 1 saturated heterocycles. The van der Waals surface area contributed by atoms with Gasteiger partial charge in [0.15, 0.2) is 11.6 Å². The summed E-state index contributed by atoms with van der Waals surface area (Å²) in [7, 11) is 0. The summed E-state index contributed by atoms with van der Waals surface area (Å²) in [6.45, 7) is 4.39. The van der Waals surface area contributed by atoms with Crippen molar-refractivity contribution in [2.24, 2.45) is 0 Å². The maximum Gasteiger partial charge on any atom is 0.161 e. The fraction of sp³-hybridized carbons (Fsp3) is 0.529. The molecule has 1 aromatic carbocycles. The van der Waals surface area contributed by atoms with Gasteiger partial charge in [-0.3, -0.25) is 4.90 Å². The molecule has 0 spiro atoms. The lowest BCUT2D eigenvalue weighted by Gasteiger charge is -2.32. The molecule has 0 atom stereocenters. The number of piperidine rings is 1. The first-order chi connectivity index (χ1) is 12.1. The monoisotopic (exact) mass is 351 g/mol. The normalized spacial score (nSPS) is 19.2. The van der Waals surface area contributed by atoms with E-state index in [1.54, 1.807) is 0 Å². The Morgan fingerprint density at radius 2 is 1.76 bits per heavy atom. The average Bonchev–Trinajstić information content (AvgIpc) is 3.04. The van der Waals surface area contributed by atoms with Crippen molar-refractivity contribution >= 4 is 0 Å². The van der Waals surface area contributed by atoms with Gasteiger partial charge in [0.05, 0.1) is 6.54 Å². The second kappa shape index (κ2) is 6.76. The summed E-state index contributed by atoms with van der Waals surface area (Å²) in [6.07, 6.45) is 1.80. The molecule has 8 heteroatoms. The Morgan fingerprint density at radius 3 is 2.56 bits per heavy atom. The Morgan fingerprint density at radius 1 is 1.00 bits per heavy atom. The summed E-state index contributed by atoms with van der Waals surface area (Å²) in [5.74, 6) is -0.492. The summed E-state index contributed by atoms with van der Waals surface area (Å²) in [5, 5.41) is 11.9. The fourth-order valence-corrected chi connectivity index (χ4v) is 3.69. The van der Waals surface area contributed by atoms with Gasteiger partial charge in [0.2, 0.25) is 0 Å². The smallest absolute Gasteiger partial charge is 0.161 e. The van der Waals surface area contributed by atoms with Crippen LogP contribution in [-0.4, -0.2) is 39.3 Å². The number of aromatic nitrogens is 3. The molecule has 1 fully saturated rings. The van der Waals surface area contributed by atoms with Crippen LogP contribution in [0.25, 0.3) is 0 Å². The average molecular weight is 351 g/mol. The van der Waals surface area contributed by atoms with Gasteiger partial charge in [-0.25, -0.2) is 13.2 Å². The van der Waals surface area contributed by atoms with E-state index in [1.807, 2.05) is 0 Å². The molecule has 134 valence electrons. The highest BCUT2D eigenvalue weighted by Gasteiger charge is 2.27. The molecule has 4 rings (SSSR count). The molecule has 0 unspecified atom stereocenters. The molecule has 25 heavy (non-hydrogen) atoms. The third-order valence-electron chi connectivity index (χ3n) is 5.09. The van der Waals surface area contributed by atoms with Crippen molar-refractivity contribution < 1.29 is 13.2 Å². The van der Waals surface area contributed by atoms with E-state index in [2.05, 4.69) is 25.0 Å². The Hall–Kier alpha value is -1.93. The van der Waals surface area contributed by atoms with Gasteiger partial charge in [0.1, 0.15) is 17.5 Å². The minimum absolute atomic E-state index is 0.197. The number of hydrogen-bond donors (Lipinski definition) is 1. The van der Waals surface area contributed by atoms with E-state index < -0.39 is 17.5 Å². The second-order valence-corrected chi connectivity index (χ2v) is 6.71. The van der Waals surface area contributed by atoms with E-state index >= 15 is 0 Å². The predicted molar refractivity (Wildman–Crippen MR) is 85.3 cm³/mol. The number of rotatable bonds is 3.